The second-order valence-corrected chi connectivity index (χ2v) is 11.0. The molecule has 1 unspecified atom stereocenters. The Hall–Kier alpha value is -1.62. The van der Waals surface area contributed by atoms with E-state index in [4.69, 9.17) is 14.0 Å². The average Bonchev–Trinajstić information content (AvgIpc) is 2.97. The Bertz CT molecular complexity index is 915. The van der Waals surface area contributed by atoms with E-state index in [0.717, 1.165) is 5.46 Å². The molecule has 0 amide bonds. The van der Waals surface area contributed by atoms with E-state index in [-0.39, 0.29) is 35.3 Å². The smallest absolute Gasteiger partial charge is 0.399 e. The molecule has 0 bridgehead atoms. The highest BCUT2D eigenvalue weighted by Crippen LogP contribution is 2.51. The fourth-order valence-electron chi connectivity index (χ4n) is 5.14. The summed E-state index contributed by atoms with van der Waals surface area (Å²) in [5, 5.41) is 0. The van der Waals surface area contributed by atoms with Gasteiger partial charge in [0.15, 0.2) is 0 Å². The largest absolute Gasteiger partial charge is 0.494 e. The minimum Gasteiger partial charge on any atom is -0.399 e. The van der Waals surface area contributed by atoms with Crippen LogP contribution in [-0.4, -0.2) is 24.4 Å². The van der Waals surface area contributed by atoms with E-state index in [1.807, 2.05) is 6.07 Å². The minimum atomic E-state index is -0.344. The molecule has 2 aliphatic rings. The predicted octanol–water partition coefficient (Wildman–Crippen LogP) is 5.14. The number of ether oxygens (including phenoxy) is 1. The van der Waals surface area contributed by atoms with E-state index in [9.17, 15) is 0 Å². The van der Waals surface area contributed by atoms with Crippen LogP contribution in [0.2, 0.25) is 0 Å². The fraction of sp³-hybridized carbons (Fsp3) is 0.538. The monoisotopic (exact) mass is 406 g/mol. The van der Waals surface area contributed by atoms with Crippen LogP contribution in [0.1, 0.15) is 72.1 Å². The molecule has 4 heteroatoms. The van der Waals surface area contributed by atoms with Gasteiger partial charge in [0, 0.05) is 10.8 Å². The van der Waals surface area contributed by atoms with E-state index >= 15 is 0 Å². The fourth-order valence-corrected chi connectivity index (χ4v) is 5.14. The van der Waals surface area contributed by atoms with Crippen molar-refractivity contribution in [1.82, 2.24) is 0 Å². The van der Waals surface area contributed by atoms with Crippen molar-refractivity contribution in [2.45, 2.75) is 90.1 Å². The summed E-state index contributed by atoms with van der Waals surface area (Å²) in [5.41, 5.74) is 4.09. The zero-order valence-corrected chi connectivity index (χ0v) is 19.7. The average molecular weight is 406 g/mol. The maximum Gasteiger partial charge on any atom is 0.494 e. The van der Waals surface area contributed by atoms with E-state index in [2.05, 4.69) is 97.9 Å². The maximum absolute atomic E-state index is 6.57. The quantitative estimate of drug-likeness (QED) is 0.658. The Labute approximate surface area is 182 Å². The summed E-state index contributed by atoms with van der Waals surface area (Å²) in [7, 11) is -0.344. The number of hydrogen-bond donors (Lipinski definition) is 0. The van der Waals surface area contributed by atoms with Crippen molar-refractivity contribution in [2.24, 2.45) is 0 Å². The molecule has 0 saturated carbocycles. The lowest BCUT2D eigenvalue weighted by Gasteiger charge is -2.36. The molecule has 1 fully saturated rings. The Balaban J connectivity index is 1.64. The first kappa shape index (κ1) is 21.6. The molecule has 1 heterocycles. The van der Waals surface area contributed by atoms with Gasteiger partial charge in [-0.2, -0.15) is 0 Å². The number of hydrogen-bond acceptors (Lipinski definition) is 3. The zero-order chi connectivity index (χ0) is 21.9. The topological polar surface area (TPSA) is 27.7 Å². The van der Waals surface area contributed by atoms with E-state index in [1.54, 1.807) is 0 Å². The highest BCUT2D eigenvalue weighted by molar-refractivity contribution is 6.62. The third-order valence-corrected chi connectivity index (χ3v) is 7.53. The van der Waals surface area contributed by atoms with Gasteiger partial charge in [-0.05, 0) is 49.8 Å². The van der Waals surface area contributed by atoms with Crippen LogP contribution in [0.15, 0.2) is 48.5 Å². The van der Waals surface area contributed by atoms with Gasteiger partial charge in [0.2, 0.25) is 0 Å². The molecule has 160 valence electrons. The highest BCUT2D eigenvalue weighted by atomic mass is 16.7. The van der Waals surface area contributed by atoms with E-state index in [0.29, 0.717) is 6.61 Å². The molecule has 3 nitrogen and oxygen atoms in total. The summed E-state index contributed by atoms with van der Waals surface area (Å²) >= 11 is 0. The summed E-state index contributed by atoms with van der Waals surface area (Å²) in [4.78, 5) is 0. The predicted molar refractivity (Wildman–Crippen MR) is 123 cm³/mol. The molecule has 0 N–H and O–H groups in total. The van der Waals surface area contributed by atoms with Crippen molar-refractivity contribution in [2.75, 3.05) is 0 Å². The summed E-state index contributed by atoms with van der Waals surface area (Å²) in [5.74, 6) is 0. The molecule has 1 saturated heterocycles. The Morgan fingerprint density at radius 2 is 1.33 bits per heavy atom. The Morgan fingerprint density at radius 3 is 1.93 bits per heavy atom. The normalized spacial score (nSPS) is 25.3. The molecule has 2 aromatic carbocycles. The SMILES string of the molecule is CC1(C)c2ccc(B3OC(C)(C)C(C)(C)O3)cc2C(C)(C)C1OCc1ccccc1. The third-order valence-electron chi connectivity index (χ3n) is 7.53. The molecule has 1 aliphatic carbocycles. The van der Waals surface area contributed by atoms with Gasteiger partial charge in [-0.1, -0.05) is 76.2 Å². The van der Waals surface area contributed by atoms with Crippen LogP contribution in [0.25, 0.3) is 0 Å². The van der Waals surface area contributed by atoms with Crippen molar-refractivity contribution in [3.63, 3.8) is 0 Å². The molecular weight excluding hydrogens is 371 g/mol. The molecule has 0 aromatic heterocycles. The molecule has 0 spiro atoms. The van der Waals surface area contributed by atoms with Gasteiger partial charge in [-0.3, -0.25) is 0 Å². The van der Waals surface area contributed by atoms with Gasteiger partial charge < -0.3 is 14.0 Å². The van der Waals surface area contributed by atoms with Crippen LogP contribution in [-0.2, 0) is 31.5 Å². The van der Waals surface area contributed by atoms with E-state index in [1.165, 1.54) is 16.7 Å². The molecule has 1 atom stereocenters. The summed E-state index contributed by atoms with van der Waals surface area (Å²) in [6.45, 7) is 18.2. The van der Waals surface area contributed by atoms with E-state index < -0.39 is 0 Å². The second-order valence-electron chi connectivity index (χ2n) is 11.0. The van der Waals surface area contributed by atoms with Crippen LogP contribution in [0.4, 0.5) is 0 Å². The summed E-state index contributed by atoms with van der Waals surface area (Å²) < 4.78 is 19.2. The molecule has 0 radical (unpaired) electrons. The van der Waals surface area contributed by atoms with Gasteiger partial charge in [-0.25, -0.2) is 0 Å². The van der Waals surface area contributed by atoms with Crippen LogP contribution < -0.4 is 5.46 Å². The first-order chi connectivity index (χ1) is 13.9. The van der Waals surface area contributed by atoms with Gasteiger partial charge in [0.05, 0.1) is 23.9 Å². The Morgan fingerprint density at radius 1 is 0.767 bits per heavy atom. The maximum atomic E-state index is 6.57. The summed E-state index contributed by atoms with van der Waals surface area (Å²) in [6.07, 6.45) is 0.0775. The highest BCUT2D eigenvalue weighted by Gasteiger charge is 2.54. The van der Waals surface area contributed by atoms with Crippen LogP contribution in [0.5, 0.6) is 0 Å². The molecular formula is C26H35BO3. The number of rotatable bonds is 4. The minimum absolute atomic E-state index is 0.0775. The van der Waals surface area contributed by atoms with Crippen molar-refractivity contribution >= 4 is 12.6 Å². The van der Waals surface area contributed by atoms with Gasteiger partial charge in [0.25, 0.3) is 0 Å². The zero-order valence-electron chi connectivity index (χ0n) is 19.7. The molecule has 4 rings (SSSR count). The van der Waals surface area contributed by atoms with Crippen LogP contribution in [0.3, 0.4) is 0 Å². The van der Waals surface area contributed by atoms with Crippen molar-refractivity contribution in [3.05, 3.63) is 65.2 Å². The van der Waals surface area contributed by atoms with Gasteiger partial charge in [-0.15, -0.1) is 0 Å². The van der Waals surface area contributed by atoms with Gasteiger partial charge >= 0.3 is 7.12 Å². The lowest BCUT2D eigenvalue weighted by Crippen LogP contribution is -2.41. The van der Waals surface area contributed by atoms with Gasteiger partial charge in [0.1, 0.15) is 0 Å². The lowest BCUT2D eigenvalue weighted by atomic mass is 9.75. The third kappa shape index (κ3) is 3.34. The van der Waals surface area contributed by atoms with Crippen molar-refractivity contribution in [3.8, 4) is 0 Å². The van der Waals surface area contributed by atoms with Crippen LogP contribution >= 0.6 is 0 Å². The van der Waals surface area contributed by atoms with Crippen molar-refractivity contribution in [1.29, 1.82) is 0 Å². The molecule has 2 aromatic rings. The standard InChI is InChI=1S/C26H35BO3/c1-23(2)20-15-14-19(27-29-25(5,6)26(7,8)30-27)16-21(20)24(3,4)22(23)28-17-18-12-10-9-11-13-18/h9-16,22H,17H2,1-8H3. The first-order valence-electron chi connectivity index (χ1n) is 11.0. The van der Waals surface area contributed by atoms with Crippen LogP contribution in [0, 0.1) is 0 Å². The molecule has 30 heavy (non-hydrogen) atoms. The second kappa shape index (κ2) is 6.95. The molecule has 1 aliphatic heterocycles. The lowest BCUT2D eigenvalue weighted by molar-refractivity contribution is -0.0339. The number of fused-ring (bicyclic) bond motifs is 1. The van der Waals surface area contributed by atoms with Crippen molar-refractivity contribution < 1.29 is 14.0 Å². The Kier molecular flexibility index (Phi) is 5.00. The first-order valence-corrected chi connectivity index (χ1v) is 11.0. The number of benzene rings is 2. The summed E-state index contributed by atoms with van der Waals surface area (Å²) in [6, 6.07) is 17.1.